The van der Waals surface area contributed by atoms with Crippen LogP contribution in [-0.4, -0.2) is 49.8 Å². The number of methoxy groups -OCH3 is 1. The van der Waals surface area contributed by atoms with Crippen molar-refractivity contribution in [3.63, 3.8) is 0 Å². The monoisotopic (exact) mass is 327 g/mol. The van der Waals surface area contributed by atoms with E-state index in [2.05, 4.69) is 15.9 Å². The Kier molecular flexibility index (Phi) is 5.23. The predicted octanol–water partition coefficient (Wildman–Crippen LogP) is 2.22. The number of aromatic hydroxyl groups is 1. The smallest absolute Gasteiger partial charge is 0.142 e. The number of rotatable bonds is 5. The summed E-state index contributed by atoms with van der Waals surface area (Å²) < 4.78 is 5.47. The van der Waals surface area contributed by atoms with Gasteiger partial charge in [0.15, 0.2) is 0 Å². The van der Waals surface area contributed by atoms with Gasteiger partial charge in [-0.3, -0.25) is 4.90 Å². The Bertz CT molecular complexity index is 669. The normalized spacial score (nSPS) is 16.8. The van der Waals surface area contributed by atoms with Gasteiger partial charge >= 0.3 is 0 Å². The maximum absolute atomic E-state index is 9.72. The molecule has 1 fully saturated rings. The summed E-state index contributed by atoms with van der Waals surface area (Å²) in [6.45, 7) is 4.24. The fourth-order valence-corrected chi connectivity index (χ4v) is 3.39. The zero-order valence-corrected chi connectivity index (χ0v) is 14.1. The first-order valence-corrected chi connectivity index (χ1v) is 8.34. The Morgan fingerprint density at radius 3 is 2.50 bits per heavy atom. The number of piperazine rings is 1. The zero-order valence-electron chi connectivity index (χ0n) is 14.1. The summed E-state index contributed by atoms with van der Waals surface area (Å²) in [5.41, 5.74) is 8.23. The molecular formula is C19H25N3O2. The third kappa shape index (κ3) is 3.47. The highest BCUT2D eigenvalue weighted by atomic mass is 16.5. The molecule has 1 heterocycles. The quantitative estimate of drug-likeness (QED) is 0.882. The van der Waals surface area contributed by atoms with Crippen LogP contribution in [0.5, 0.6) is 11.5 Å². The molecule has 0 radical (unpaired) electrons. The molecule has 1 aliphatic heterocycles. The highest BCUT2D eigenvalue weighted by molar-refractivity contribution is 5.58. The molecule has 0 bridgehead atoms. The van der Waals surface area contributed by atoms with Crippen LogP contribution in [-0.2, 0) is 0 Å². The van der Waals surface area contributed by atoms with Crippen LogP contribution in [0.25, 0.3) is 0 Å². The highest BCUT2D eigenvalue weighted by Crippen LogP contribution is 2.30. The number of hydrogen-bond donors (Lipinski definition) is 2. The van der Waals surface area contributed by atoms with Gasteiger partial charge in [0, 0.05) is 38.8 Å². The third-order valence-electron chi connectivity index (χ3n) is 4.66. The van der Waals surface area contributed by atoms with E-state index in [4.69, 9.17) is 10.5 Å². The van der Waals surface area contributed by atoms with Gasteiger partial charge < -0.3 is 20.5 Å². The summed E-state index contributed by atoms with van der Waals surface area (Å²) in [5.74, 6) is 1.20. The molecule has 1 saturated heterocycles. The van der Waals surface area contributed by atoms with Crippen molar-refractivity contribution in [2.75, 3.05) is 44.7 Å². The molecule has 2 aromatic carbocycles. The molecule has 1 atom stereocenters. The lowest BCUT2D eigenvalue weighted by Crippen LogP contribution is -2.49. The van der Waals surface area contributed by atoms with E-state index in [-0.39, 0.29) is 6.04 Å². The largest absolute Gasteiger partial charge is 0.508 e. The number of hydrogen-bond acceptors (Lipinski definition) is 5. The molecule has 0 aromatic heterocycles. The van der Waals surface area contributed by atoms with Gasteiger partial charge in [0.05, 0.1) is 12.8 Å². The number of benzene rings is 2. The first-order valence-electron chi connectivity index (χ1n) is 8.34. The SMILES string of the molecule is COc1ccccc1N1CCN(C(CN)c2cccc(O)c2)CC1. The molecule has 0 spiro atoms. The Balaban J connectivity index is 1.70. The van der Waals surface area contributed by atoms with Crippen molar-refractivity contribution in [3.8, 4) is 11.5 Å². The minimum Gasteiger partial charge on any atom is -0.508 e. The number of phenolic OH excluding ortho intramolecular Hbond substituents is 1. The number of anilines is 1. The second kappa shape index (κ2) is 7.55. The Morgan fingerprint density at radius 1 is 1.08 bits per heavy atom. The molecule has 1 aliphatic rings. The van der Waals surface area contributed by atoms with Crippen molar-refractivity contribution in [2.24, 2.45) is 5.73 Å². The topological polar surface area (TPSA) is 62.0 Å². The van der Waals surface area contributed by atoms with Crippen molar-refractivity contribution < 1.29 is 9.84 Å². The van der Waals surface area contributed by atoms with Crippen LogP contribution in [0.4, 0.5) is 5.69 Å². The molecule has 24 heavy (non-hydrogen) atoms. The van der Waals surface area contributed by atoms with Crippen LogP contribution in [0.2, 0.25) is 0 Å². The molecule has 0 aliphatic carbocycles. The van der Waals surface area contributed by atoms with Crippen LogP contribution in [0.3, 0.4) is 0 Å². The Labute approximate surface area is 143 Å². The molecule has 128 valence electrons. The number of phenols is 1. The van der Waals surface area contributed by atoms with E-state index in [9.17, 15) is 5.11 Å². The molecule has 5 nitrogen and oxygen atoms in total. The Hall–Kier alpha value is -2.24. The van der Waals surface area contributed by atoms with Gasteiger partial charge in [0.25, 0.3) is 0 Å². The zero-order chi connectivity index (χ0) is 16.9. The highest BCUT2D eigenvalue weighted by Gasteiger charge is 2.25. The first-order chi connectivity index (χ1) is 11.7. The molecule has 0 amide bonds. The van der Waals surface area contributed by atoms with E-state index in [1.807, 2.05) is 36.4 Å². The summed E-state index contributed by atoms with van der Waals surface area (Å²) in [6, 6.07) is 15.7. The second-order valence-corrected chi connectivity index (χ2v) is 6.04. The van der Waals surface area contributed by atoms with E-state index < -0.39 is 0 Å². The van der Waals surface area contributed by atoms with Crippen molar-refractivity contribution >= 4 is 5.69 Å². The van der Waals surface area contributed by atoms with Crippen LogP contribution in [0.1, 0.15) is 11.6 Å². The standard InChI is InChI=1S/C19H25N3O2/c1-24-19-8-3-2-7-17(19)21-9-11-22(12-10-21)18(14-20)15-5-4-6-16(23)13-15/h2-8,13,18,23H,9-12,14,20H2,1H3. The van der Waals surface area contributed by atoms with Crippen LogP contribution >= 0.6 is 0 Å². The summed E-state index contributed by atoms with van der Waals surface area (Å²) in [5, 5.41) is 9.72. The molecule has 3 rings (SSSR count). The van der Waals surface area contributed by atoms with Crippen LogP contribution in [0.15, 0.2) is 48.5 Å². The maximum Gasteiger partial charge on any atom is 0.142 e. The number of nitrogens with zero attached hydrogens (tertiary/aromatic N) is 2. The van der Waals surface area contributed by atoms with Gasteiger partial charge in [-0.25, -0.2) is 0 Å². The number of ether oxygens (including phenoxy) is 1. The number of nitrogens with two attached hydrogens (primary N) is 1. The fourth-order valence-electron chi connectivity index (χ4n) is 3.39. The number of para-hydroxylation sites is 2. The van der Waals surface area contributed by atoms with Gasteiger partial charge in [-0.15, -0.1) is 0 Å². The van der Waals surface area contributed by atoms with Crippen LogP contribution in [0, 0.1) is 0 Å². The van der Waals surface area contributed by atoms with Gasteiger partial charge in [0.1, 0.15) is 11.5 Å². The summed E-state index contributed by atoms with van der Waals surface area (Å²) in [6.07, 6.45) is 0. The molecule has 1 unspecified atom stereocenters. The average molecular weight is 327 g/mol. The molecular weight excluding hydrogens is 302 g/mol. The van der Waals surface area contributed by atoms with E-state index in [1.54, 1.807) is 13.2 Å². The lowest BCUT2D eigenvalue weighted by Gasteiger charge is -2.40. The van der Waals surface area contributed by atoms with Gasteiger partial charge in [-0.1, -0.05) is 24.3 Å². The third-order valence-corrected chi connectivity index (χ3v) is 4.66. The maximum atomic E-state index is 9.72. The van der Waals surface area contributed by atoms with Crippen molar-refractivity contribution in [3.05, 3.63) is 54.1 Å². The molecule has 0 saturated carbocycles. The minimum atomic E-state index is 0.136. The van der Waals surface area contributed by atoms with E-state index >= 15 is 0 Å². The van der Waals surface area contributed by atoms with Gasteiger partial charge in [-0.05, 0) is 29.8 Å². The molecule has 3 N–H and O–H groups in total. The van der Waals surface area contributed by atoms with Crippen LogP contribution < -0.4 is 15.4 Å². The Morgan fingerprint density at radius 2 is 1.83 bits per heavy atom. The minimum absolute atomic E-state index is 0.136. The van der Waals surface area contributed by atoms with E-state index in [0.29, 0.717) is 12.3 Å². The second-order valence-electron chi connectivity index (χ2n) is 6.04. The lowest BCUT2D eigenvalue weighted by atomic mass is 10.0. The summed E-state index contributed by atoms with van der Waals surface area (Å²) >= 11 is 0. The van der Waals surface area contributed by atoms with Crippen molar-refractivity contribution in [2.45, 2.75) is 6.04 Å². The van der Waals surface area contributed by atoms with E-state index in [0.717, 1.165) is 43.2 Å². The van der Waals surface area contributed by atoms with Gasteiger partial charge in [-0.2, -0.15) is 0 Å². The predicted molar refractivity (Wildman–Crippen MR) is 96.7 cm³/mol. The summed E-state index contributed by atoms with van der Waals surface area (Å²) in [4.78, 5) is 4.74. The fraction of sp³-hybridized carbons (Fsp3) is 0.368. The van der Waals surface area contributed by atoms with E-state index in [1.165, 1.54) is 0 Å². The van der Waals surface area contributed by atoms with Crippen molar-refractivity contribution in [1.82, 2.24) is 4.90 Å². The van der Waals surface area contributed by atoms with Crippen molar-refractivity contribution in [1.29, 1.82) is 0 Å². The first kappa shape index (κ1) is 16.6. The molecule has 5 heteroatoms. The molecule has 2 aromatic rings. The average Bonchev–Trinajstić information content (AvgIpc) is 2.63. The van der Waals surface area contributed by atoms with Gasteiger partial charge in [0.2, 0.25) is 0 Å². The summed E-state index contributed by atoms with van der Waals surface area (Å²) in [7, 11) is 1.71. The lowest BCUT2D eigenvalue weighted by molar-refractivity contribution is 0.189.